The van der Waals surface area contributed by atoms with Gasteiger partial charge >= 0.3 is 21.7 Å². The standard InChI is InChI=1S/C10H13.3CH3O.Ti/c1-8-6-7-9-4-2-3-5-10(8)9;3*1-2;/h7-8H,2-5H2,1H3;3*1H3;/q4*-1;+4. The van der Waals surface area contributed by atoms with Gasteiger partial charge in [-0.1, -0.05) is 32.1 Å². The second-order valence-corrected chi connectivity index (χ2v) is 3.29. The van der Waals surface area contributed by atoms with Gasteiger partial charge in [0, 0.05) is 0 Å². The predicted molar refractivity (Wildman–Crippen MR) is 60.2 cm³/mol. The molecule has 2 aliphatic rings. The SMILES string of the molecule is CC1[C-]=CC2=C1CCCC2.C[O-].C[O-].C[O-].[Ti+4]. The van der Waals surface area contributed by atoms with Gasteiger partial charge in [-0.05, 0) is 6.42 Å². The minimum absolute atomic E-state index is 0. The normalized spacial score (nSPS) is 19.4. The van der Waals surface area contributed by atoms with Crippen molar-refractivity contribution in [3.05, 3.63) is 23.3 Å². The fourth-order valence-corrected chi connectivity index (χ4v) is 1.94. The van der Waals surface area contributed by atoms with Crippen LogP contribution in [0.4, 0.5) is 0 Å². The van der Waals surface area contributed by atoms with Crippen LogP contribution in [0.3, 0.4) is 0 Å². The number of hydrogen-bond acceptors (Lipinski definition) is 3. The molecule has 0 radical (unpaired) electrons. The van der Waals surface area contributed by atoms with Crippen molar-refractivity contribution >= 4 is 0 Å². The maximum Gasteiger partial charge on any atom is 4.00 e. The molecule has 0 N–H and O–H groups in total. The summed E-state index contributed by atoms with van der Waals surface area (Å²) in [6.07, 6.45) is 11.0. The van der Waals surface area contributed by atoms with Gasteiger partial charge in [0.15, 0.2) is 0 Å². The van der Waals surface area contributed by atoms with Crippen molar-refractivity contribution in [2.45, 2.75) is 32.6 Å². The molecule has 0 fully saturated rings. The van der Waals surface area contributed by atoms with Gasteiger partial charge in [-0.25, -0.2) is 6.08 Å². The number of allylic oxidation sites excluding steroid dienone is 4. The second-order valence-electron chi connectivity index (χ2n) is 3.29. The molecule has 0 aliphatic heterocycles. The van der Waals surface area contributed by atoms with E-state index in [-0.39, 0.29) is 21.7 Å². The van der Waals surface area contributed by atoms with Crippen LogP contribution in [0.15, 0.2) is 17.2 Å². The molecule has 0 aromatic heterocycles. The molecule has 17 heavy (non-hydrogen) atoms. The largest absolute Gasteiger partial charge is 4.00 e. The molecule has 0 saturated carbocycles. The zero-order valence-corrected chi connectivity index (χ0v) is 12.8. The van der Waals surface area contributed by atoms with E-state index >= 15 is 0 Å². The van der Waals surface area contributed by atoms with Crippen LogP contribution in [0.2, 0.25) is 0 Å². The minimum atomic E-state index is 0. The molecule has 0 amide bonds. The maximum atomic E-state index is 8.25. The average Bonchev–Trinajstić information content (AvgIpc) is 2.79. The third-order valence-corrected chi connectivity index (χ3v) is 2.58. The zero-order valence-electron chi connectivity index (χ0n) is 11.2. The minimum Gasteiger partial charge on any atom is -0.857 e. The van der Waals surface area contributed by atoms with E-state index in [1.165, 1.54) is 25.7 Å². The summed E-state index contributed by atoms with van der Waals surface area (Å²) in [5.74, 6) is 0.635. The van der Waals surface area contributed by atoms with Gasteiger partial charge in [0.1, 0.15) is 0 Å². The van der Waals surface area contributed by atoms with E-state index in [4.69, 9.17) is 15.3 Å². The summed E-state index contributed by atoms with van der Waals surface area (Å²) in [6.45, 7) is 2.25. The average molecular weight is 274 g/mol. The Kier molecular flexibility index (Phi) is 21.1. The Balaban J connectivity index is -0.000000248. The van der Waals surface area contributed by atoms with Crippen LogP contribution in [-0.2, 0) is 21.7 Å². The maximum absolute atomic E-state index is 8.25. The molecule has 0 spiro atoms. The molecule has 0 aromatic rings. The summed E-state index contributed by atoms with van der Waals surface area (Å²) in [4.78, 5) is 0. The van der Waals surface area contributed by atoms with Crippen LogP contribution in [0.5, 0.6) is 0 Å². The zero-order chi connectivity index (χ0) is 13.0. The molecule has 4 heteroatoms. The molecule has 1 atom stereocenters. The smallest absolute Gasteiger partial charge is 0.857 e. The molecule has 0 heterocycles. The van der Waals surface area contributed by atoms with Crippen molar-refractivity contribution in [2.75, 3.05) is 21.3 Å². The molecular formula is C13H22O3Ti. The van der Waals surface area contributed by atoms with Gasteiger partial charge < -0.3 is 15.3 Å². The monoisotopic (exact) mass is 274 g/mol. The van der Waals surface area contributed by atoms with Gasteiger partial charge in [0.05, 0.1) is 0 Å². The molecule has 1 unspecified atom stereocenters. The van der Waals surface area contributed by atoms with Gasteiger partial charge in [-0.15, -0.1) is 0 Å². The van der Waals surface area contributed by atoms with Crippen molar-refractivity contribution in [1.82, 2.24) is 0 Å². The Hall–Kier alpha value is 0.0743. The van der Waals surface area contributed by atoms with E-state index < -0.39 is 0 Å². The fourth-order valence-electron chi connectivity index (χ4n) is 1.94. The van der Waals surface area contributed by atoms with Crippen LogP contribution in [0, 0.1) is 12.0 Å². The number of rotatable bonds is 0. The summed E-state index contributed by atoms with van der Waals surface area (Å²) in [5, 5.41) is 24.8. The first-order chi connectivity index (χ1) is 7.88. The van der Waals surface area contributed by atoms with Gasteiger partial charge in [0.2, 0.25) is 0 Å². The Labute approximate surface area is 120 Å². The van der Waals surface area contributed by atoms with Crippen LogP contribution in [-0.4, -0.2) is 21.3 Å². The molecule has 3 nitrogen and oxygen atoms in total. The first-order valence-corrected chi connectivity index (χ1v) is 5.41. The topological polar surface area (TPSA) is 69.2 Å². The van der Waals surface area contributed by atoms with Crippen LogP contribution in [0.25, 0.3) is 0 Å². The van der Waals surface area contributed by atoms with E-state index in [0.717, 1.165) is 21.3 Å². The Morgan fingerprint density at radius 2 is 1.47 bits per heavy atom. The van der Waals surface area contributed by atoms with E-state index in [9.17, 15) is 0 Å². The van der Waals surface area contributed by atoms with E-state index in [2.05, 4.69) is 19.1 Å². The molecule has 96 valence electrons. The van der Waals surface area contributed by atoms with Crippen molar-refractivity contribution in [3.8, 4) is 0 Å². The van der Waals surface area contributed by atoms with Gasteiger partial charge in [-0.3, -0.25) is 6.08 Å². The van der Waals surface area contributed by atoms with Crippen molar-refractivity contribution in [2.24, 2.45) is 5.92 Å². The Morgan fingerprint density at radius 1 is 1.00 bits per heavy atom. The Bertz CT molecular complexity index is 213. The van der Waals surface area contributed by atoms with Gasteiger partial charge in [-0.2, -0.15) is 32.5 Å². The summed E-state index contributed by atoms with van der Waals surface area (Å²) < 4.78 is 0. The van der Waals surface area contributed by atoms with Crippen molar-refractivity contribution in [1.29, 1.82) is 0 Å². The summed E-state index contributed by atoms with van der Waals surface area (Å²) in [7, 11) is 2.25. The Morgan fingerprint density at radius 3 is 1.94 bits per heavy atom. The van der Waals surface area contributed by atoms with E-state index in [0.29, 0.717) is 5.92 Å². The molecule has 0 saturated heterocycles. The van der Waals surface area contributed by atoms with E-state index in [1.54, 1.807) is 11.1 Å². The quantitative estimate of drug-likeness (QED) is 0.453. The number of hydrogen-bond donors (Lipinski definition) is 0. The third kappa shape index (κ3) is 7.90. The third-order valence-electron chi connectivity index (χ3n) is 2.58. The summed E-state index contributed by atoms with van der Waals surface area (Å²) >= 11 is 0. The molecular weight excluding hydrogens is 252 g/mol. The first kappa shape index (κ1) is 22.3. The van der Waals surface area contributed by atoms with Crippen LogP contribution >= 0.6 is 0 Å². The van der Waals surface area contributed by atoms with Crippen molar-refractivity contribution in [3.63, 3.8) is 0 Å². The molecule has 0 bridgehead atoms. The van der Waals surface area contributed by atoms with Crippen LogP contribution < -0.4 is 15.3 Å². The fraction of sp³-hybridized carbons (Fsp3) is 0.692. The molecule has 2 aliphatic carbocycles. The van der Waals surface area contributed by atoms with Crippen molar-refractivity contribution < 1.29 is 37.0 Å². The molecule has 2 rings (SSSR count). The van der Waals surface area contributed by atoms with Crippen LogP contribution in [0.1, 0.15) is 32.6 Å². The van der Waals surface area contributed by atoms with E-state index in [1.807, 2.05) is 0 Å². The first-order valence-electron chi connectivity index (χ1n) is 5.41. The summed E-state index contributed by atoms with van der Waals surface area (Å²) in [6, 6.07) is 0. The predicted octanol–water partition coefficient (Wildman–Crippen LogP) is -0.207. The molecule has 0 aromatic carbocycles. The summed E-state index contributed by atoms with van der Waals surface area (Å²) in [5.41, 5.74) is 3.27. The second kappa shape index (κ2) is 16.1. The van der Waals surface area contributed by atoms with Gasteiger partial charge in [0.25, 0.3) is 0 Å².